The van der Waals surface area contributed by atoms with E-state index in [0.717, 1.165) is 37.3 Å². The molecule has 6 nitrogen and oxygen atoms in total. The maximum absolute atomic E-state index is 14.3. The lowest BCUT2D eigenvalue weighted by Gasteiger charge is -2.24. The predicted molar refractivity (Wildman–Crippen MR) is 128 cm³/mol. The molecule has 0 aliphatic carbocycles. The first-order valence-corrected chi connectivity index (χ1v) is 11.3. The summed E-state index contributed by atoms with van der Waals surface area (Å²) in [6.07, 6.45) is 5.42. The molecular weight excluding hydrogens is 436 g/mol. The van der Waals surface area contributed by atoms with Crippen LogP contribution in [0.25, 0.3) is 16.9 Å². The van der Waals surface area contributed by atoms with Crippen LogP contribution in [0.5, 0.6) is 0 Å². The average molecular weight is 462 g/mol. The summed E-state index contributed by atoms with van der Waals surface area (Å²) < 4.78 is 30.9. The molecule has 5 rings (SSSR count). The number of anilines is 1. The Bertz CT molecular complexity index is 1340. The molecule has 1 saturated heterocycles. The zero-order valence-electron chi connectivity index (χ0n) is 18.5. The van der Waals surface area contributed by atoms with Crippen molar-refractivity contribution in [2.45, 2.75) is 25.4 Å². The number of benzene rings is 2. The SMILES string of the molecule is O=c1n(Cc2ccccc2F)cc(-c2ccnc(NC3CCNCC3)c2)n1-c1ccc(F)cc1. The summed E-state index contributed by atoms with van der Waals surface area (Å²) >= 11 is 0. The highest BCUT2D eigenvalue weighted by Crippen LogP contribution is 2.25. The fourth-order valence-electron chi connectivity index (χ4n) is 4.30. The third kappa shape index (κ3) is 4.63. The molecule has 0 amide bonds. The van der Waals surface area contributed by atoms with Crippen LogP contribution in [-0.4, -0.2) is 33.2 Å². The fourth-order valence-corrected chi connectivity index (χ4v) is 4.30. The second-order valence-corrected chi connectivity index (χ2v) is 8.43. The molecule has 34 heavy (non-hydrogen) atoms. The maximum atomic E-state index is 14.3. The molecule has 8 heteroatoms. The van der Waals surface area contributed by atoms with Crippen molar-refractivity contribution in [3.63, 3.8) is 0 Å². The van der Waals surface area contributed by atoms with Gasteiger partial charge in [0.1, 0.15) is 17.5 Å². The number of hydrogen-bond acceptors (Lipinski definition) is 4. The molecule has 0 unspecified atom stereocenters. The number of aromatic nitrogens is 3. The molecule has 1 aliphatic rings. The minimum absolute atomic E-state index is 0.0813. The van der Waals surface area contributed by atoms with Crippen molar-refractivity contribution in [1.82, 2.24) is 19.4 Å². The molecule has 174 valence electrons. The topological polar surface area (TPSA) is 63.9 Å². The molecule has 2 aromatic carbocycles. The Morgan fingerprint density at radius 3 is 2.56 bits per heavy atom. The summed E-state index contributed by atoms with van der Waals surface area (Å²) in [6, 6.07) is 16.2. The van der Waals surface area contributed by atoms with Crippen LogP contribution < -0.4 is 16.3 Å². The minimum atomic E-state index is -0.387. The smallest absolute Gasteiger partial charge is 0.333 e. The molecule has 0 radical (unpaired) electrons. The molecule has 0 saturated carbocycles. The highest BCUT2D eigenvalue weighted by Gasteiger charge is 2.18. The fraction of sp³-hybridized carbons (Fsp3) is 0.231. The van der Waals surface area contributed by atoms with Gasteiger partial charge in [0, 0.05) is 29.6 Å². The van der Waals surface area contributed by atoms with Crippen LogP contribution in [0.1, 0.15) is 18.4 Å². The first-order chi connectivity index (χ1) is 16.6. The molecule has 1 aliphatic heterocycles. The van der Waals surface area contributed by atoms with E-state index in [1.54, 1.807) is 42.7 Å². The number of imidazole rings is 1. The molecule has 0 bridgehead atoms. The van der Waals surface area contributed by atoms with Crippen molar-refractivity contribution in [3.05, 3.63) is 101 Å². The first-order valence-electron chi connectivity index (χ1n) is 11.3. The van der Waals surface area contributed by atoms with Gasteiger partial charge >= 0.3 is 5.69 Å². The second kappa shape index (κ2) is 9.61. The maximum Gasteiger partial charge on any atom is 0.333 e. The zero-order chi connectivity index (χ0) is 23.5. The van der Waals surface area contributed by atoms with Crippen molar-refractivity contribution >= 4 is 5.82 Å². The molecule has 4 aromatic rings. The van der Waals surface area contributed by atoms with Crippen LogP contribution in [-0.2, 0) is 6.54 Å². The van der Waals surface area contributed by atoms with E-state index in [-0.39, 0.29) is 23.9 Å². The van der Waals surface area contributed by atoms with E-state index < -0.39 is 0 Å². The second-order valence-electron chi connectivity index (χ2n) is 8.43. The zero-order valence-corrected chi connectivity index (χ0v) is 18.5. The van der Waals surface area contributed by atoms with E-state index in [1.807, 2.05) is 12.1 Å². The van der Waals surface area contributed by atoms with E-state index in [2.05, 4.69) is 15.6 Å². The monoisotopic (exact) mass is 461 g/mol. The third-order valence-corrected chi connectivity index (χ3v) is 6.09. The van der Waals surface area contributed by atoms with Crippen LogP contribution in [0.4, 0.5) is 14.6 Å². The molecule has 0 atom stereocenters. The minimum Gasteiger partial charge on any atom is -0.367 e. The Balaban J connectivity index is 1.57. The summed E-state index contributed by atoms with van der Waals surface area (Å²) in [5, 5.41) is 6.83. The van der Waals surface area contributed by atoms with Gasteiger partial charge in [-0.25, -0.2) is 18.6 Å². The van der Waals surface area contributed by atoms with Gasteiger partial charge in [-0.1, -0.05) is 18.2 Å². The standard InChI is InChI=1S/C26H25F2N5O/c27-20-5-7-22(8-6-20)33-24(17-32(26(33)34)16-19-3-1-2-4-23(19)28)18-9-14-30-25(15-18)31-21-10-12-29-13-11-21/h1-9,14-15,17,21,29H,10-13,16H2,(H,30,31). The Morgan fingerprint density at radius 2 is 1.79 bits per heavy atom. The number of pyridine rings is 1. The van der Waals surface area contributed by atoms with Crippen molar-refractivity contribution in [2.75, 3.05) is 18.4 Å². The van der Waals surface area contributed by atoms with Crippen LogP contribution >= 0.6 is 0 Å². The molecule has 2 aromatic heterocycles. The van der Waals surface area contributed by atoms with Gasteiger partial charge in [-0.15, -0.1) is 0 Å². The summed E-state index contributed by atoms with van der Waals surface area (Å²) in [6.45, 7) is 2.00. The normalized spacial score (nSPS) is 14.3. The number of nitrogens with one attached hydrogen (secondary N) is 2. The highest BCUT2D eigenvalue weighted by atomic mass is 19.1. The van der Waals surface area contributed by atoms with Crippen molar-refractivity contribution in [3.8, 4) is 16.9 Å². The number of hydrogen-bond donors (Lipinski definition) is 2. The summed E-state index contributed by atoms with van der Waals surface area (Å²) in [5.74, 6) is -0.0336. The molecule has 2 N–H and O–H groups in total. The van der Waals surface area contributed by atoms with Crippen molar-refractivity contribution in [2.24, 2.45) is 0 Å². The van der Waals surface area contributed by atoms with E-state index in [9.17, 15) is 13.6 Å². The lowest BCUT2D eigenvalue weighted by atomic mass is 10.1. The quantitative estimate of drug-likeness (QED) is 0.452. The van der Waals surface area contributed by atoms with E-state index in [0.29, 0.717) is 23.0 Å². The van der Waals surface area contributed by atoms with Gasteiger partial charge in [0.2, 0.25) is 0 Å². The number of rotatable bonds is 6. The number of nitrogens with zero attached hydrogens (tertiary/aromatic N) is 3. The van der Waals surface area contributed by atoms with Crippen LogP contribution in [0, 0.1) is 11.6 Å². The van der Waals surface area contributed by atoms with Gasteiger partial charge in [-0.05, 0) is 68.4 Å². The lowest BCUT2D eigenvalue weighted by Crippen LogP contribution is -2.35. The van der Waals surface area contributed by atoms with E-state index in [4.69, 9.17) is 0 Å². The largest absolute Gasteiger partial charge is 0.367 e. The van der Waals surface area contributed by atoms with Gasteiger partial charge < -0.3 is 10.6 Å². The van der Waals surface area contributed by atoms with E-state index in [1.165, 1.54) is 27.3 Å². The van der Waals surface area contributed by atoms with Crippen LogP contribution in [0.3, 0.4) is 0 Å². The predicted octanol–water partition coefficient (Wildman–Crippen LogP) is 4.19. The Kier molecular flexibility index (Phi) is 6.22. The van der Waals surface area contributed by atoms with Gasteiger partial charge in [-0.3, -0.25) is 9.13 Å². The summed E-state index contributed by atoms with van der Waals surface area (Å²) in [5.41, 5.74) is 1.99. The van der Waals surface area contributed by atoms with E-state index >= 15 is 0 Å². The number of halogens is 2. The van der Waals surface area contributed by atoms with Crippen LogP contribution in [0.15, 0.2) is 77.9 Å². The summed E-state index contributed by atoms with van der Waals surface area (Å²) in [7, 11) is 0. The molecular formula is C26H25F2N5O. The Hall–Kier alpha value is -3.78. The van der Waals surface area contributed by atoms with Gasteiger partial charge in [-0.2, -0.15) is 0 Å². The van der Waals surface area contributed by atoms with Gasteiger partial charge in [0.05, 0.1) is 17.9 Å². The average Bonchev–Trinajstić information content (AvgIpc) is 3.18. The first kappa shape index (κ1) is 22.0. The lowest BCUT2D eigenvalue weighted by molar-refractivity contribution is 0.478. The van der Waals surface area contributed by atoms with Gasteiger partial charge in [0.25, 0.3) is 0 Å². The molecule has 1 fully saturated rings. The summed E-state index contributed by atoms with van der Waals surface area (Å²) in [4.78, 5) is 17.9. The Morgan fingerprint density at radius 1 is 1.03 bits per heavy atom. The highest BCUT2D eigenvalue weighted by molar-refractivity contribution is 5.65. The van der Waals surface area contributed by atoms with Crippen LogP contribution in [0.2, 0.25) is 0 Å². The van der Waals surface area contributed by atoms with Gasteiger partial charge in [0.15, 0.2) is 0 Å². The van der Waals surface area contributed by atoms with Crippen molar-refractivity contribution < 1.29 is 8.78 Å². The molecule has 0 spiro atoms. The van der Waals surface area contributed by atoms with Crippen molar-refractivity contribution in [1.29, 1.82) is 0 Å². The Labute approximate surface area is 195 Å². The number of piperidine rings is 1. The third-order valence-electron chi connectivity index (χ3n) is 6.09. The molecule has 3 heterocycles.